The van der Waals surface area contributed by atoms with Crippen LogP contribution in [0.4, 0.5) is 0 Å². The second-order valence-electron chi connectivity index (χ2n) is 9.55. The van der Waals surface area contributed by atoms with Gasteiger partial charge in [-0.05, 0) is 66.8 Å². The lowest BCUT2D eigenvalue weighted by atomic mass is 9.87. The Hall–Kier alpha value is -2.22. The van der Waals surface area contributed by atoms with Crippen LogP contribution in [0.15, 0.2) is 46.2 Å². The summed E-state index contributed by atoms with van der Waals surface area (Å²) >= 11 is 1.69. The van der Waals surface area contributed by atoms with Gasteiger partial charge in [0, 0.05) is 29.4 Å². The minimum atomic E-state index is -0.976. The summed E-state index contributed by atoms with van der Waals surface area (Å²) in [5.74, 6) is 1.37. The van der Waals surface area contributed by atoms with Gasteiger partial charge in [-0.2, -0.15) is 0 Å². The summed E-state index contributed by atoms with van der Waals surface area (Å²) in [6.07, 6.45) is 7.92. The van der Waals surface area contributed by atoms with Gasteiger partial charge < -0.3 is 19.3 Å². The zero-order valence-electron chi connectivity index (χ0n) is 20.7. The molecule has 6 nitrogen and oxygen atoms in total. The first-order valence-electron chi connectivity index (χ1n) is 12.7. The second-order valence-corrected chi connectivity index (χ2v) is 10.7. The van der Waals surface area contributed by atoms with Gasteiger partial charge in [0.2, 0.25) is 0 Å². The molecule has 7 heteroatoms. The average Bonchev–Trinajstić information content (AvgIpc) is 2.85. The van der Waals surface area contributed by atoms with Crippen LogP contribution in [-0.4, -0.2) is 55.5 Å². The lowest BCUT2D eigenvalue weighted by Crippen LogP contribution is -2.35. The normalized spacial score (nSPS) is 17.3. The molecule has 0 radical (unpaired) electrons. The summed E-state index contributed by atoms with van der Waals surface area (Å²) in [6, 6.07) is 12.4. The molecule has 0 aromatic heterocycles. The van der Waals surface area contributed by atoms with E-state index in [0.717, 1.165) is 72.9 Å². The van der Waals surface area contributed by atoms with Gasteiger partial charge in [0.15, 0.2) is 6.61 Å². The number of aliphatic carboxylic acids is 1. The topological polar surface area (TPSA) is 68.2 Å². The molecule has 0 unspecified atom stereocenters. The number of hydrogen-bond acceptors (Lipinski definition) is 6. The van der Waals surface area contributed by atoms with Crippen molar-refractivity contribution in [2.45, 2.75) is 61.8 Å². The van der Waals surface area contributed by atoms with Gasteiger partial charge in [-0.25, -0.2) is 4.79 Å². The van der Waals surface area contributed by atoms with Crippen molar-refractivity contribution in [3.8, 4) is 11.5 Å². The minimum absolute atomic E-state index is 0.335. The number of ether oxygens (including phenoxy) is 3. The van der Waals surface area contributed by atoms with E-state index < -0.39 is 5.97 Å². The van der Waals surface area contributed by atoms with Crippen molar-refractivity contribution in [2.24, 2.45) is 5.92 Å². The number of carboxylic acids is 1. The lowest BCUT2D eigenvalue weighted by molar-refractivity contribution is -0.139. The van der Waals surface area contributed by atoms with Crippen LogP contribution in [-0.2, 0) is 16.1 Å². The SMILES string of the molecule is Cc1cc(Sc2cc(CN3CCOCC3)cc(OCCC3CCCCC3)c2)ccc1OCC(=O)O. The molecule has 1 saturated carbocycles. The summed E-state index contributed by atoms with van der Waals surface area (Å²) in [6.45, 7) is 6.73. The predicted molar refractivity (Wildman–Crippen MR) is 138 cm³/mol. The zero-order valence-corrected chi connectivity index (χ0v) is 21.5. The Kier molecular flexibility index (Phi) is 9.74. The second kappa shape index (κ2) is 13.2. The van der Waals surface area contributed by atoms with E-state index in [0.29, 0.717) is 5.75 Å². The van der Waals surface area contributed by atoms with Crippen molar-refractivity contribution in [3.05, 3.63) is 47.5 Å². The highest BCUT2D eigenvalue weighted by Gasteiger charge is 2.15. The van der Waals surface area contributed by atoms with E-state index in [1.165, 1.54) is 37.7 Å². The van der Waals surface area contributed by atoms with Crippen molar-refractivity contribution >= 4 is 17.7 Å². The summed E-state index contributed by atoms with van der Waals surface area (Å²) in [5.41, 5.74) is 2.17. The molecule has 0 amide bonds. The summed E-state index contributed by atoms with van der Waals surface area (Å²) in [4.78, 5) is 15.5. The van der Waals surface area contributed by atoms with Crippen molar-refractivity contribution in [1.82, 2.24) is 4.90 Å². The van der Waals surface area contributed by atoms with Gasteiger partial charge in [0.25, 0.3) is 0 Å². The Labute approximate surface area is 212 Å². The molecule has 35 heavy (non-hydrogen) atoms. The summed E-state index contributed by atoms with van der Waals surface area (Å²) in [5, 5.41) is 8.87. The molecule has 190 valence electrons. The largest absolute Gasteiger partial charge is 0.494 e. The van der Waals surface area contributed by atoms with Gasteiger partial charge >= 0.3 is 5.97 Å². The average molecular weight is 500 g/mol. The molecular weight excluding hydrogens is 462 g/mol. The number of aryl methyl sites for hydroxylation is 1. The molecule has 2 aromatic carbocycles. The van der Waals surface area contributed by atoms with Gasteiger partial charge in [-0.3, -0.25) is 4.90 Å². The Bertz CT molecular complexity index is 970. The van der Waals surface area contributed by atoms with Crippen LogP contribution in [0.2, 0.25) is 0 Å². The van der Waals surface area contributed by atoms with E-state index in [2.05, 4.69) is 23.1 Å². The third-order valence-electron chi connectivity index (χ3n) is 6.70. The van der Waals surface area contributed by atoms with E-state index in [-0.39, 0.29) is 6.61 Å². The molecule has 1 heterocycles. The molecule has 1 aliphatic carbocycles. The van der Waals surface area contributed by atoms with E-state index in [4.69, 9.17) is 19.3 Å². The summed E-state index contributed by atoms with van der Waals surface area (Å²) < 4.78 is 17.2. The van der Waals surface area contributed by atoms with Crippen LogP contribution in [0.1, 0.15) is 49.7 Å². The first-order valence-corrected chi connectivity index (χ1v) is 13.6. The molecule has 2 aliphatic rings. The number of nitrogens with zero attached hydrogens (tertiary/aromatic N) is 1. The van der Waals surface area contributed by atoms with Crippen LogP contribution >= 0.6 is 11.8 Å². The van der Waals surface area contributed by atoms with E-state index >= 15 is 0 Å². The third-order valence-corrected chi connectivity index (χ3v) is 7.66. The smallest absolute Gasteiger partial charge is 0.341 e. The Morgan fingerprint density at radius 3 is 2.60 bits per heavy atom. The standard InChI is InChI=1S/C28H37NO5S/c1-21-15-25(7-8-27(21)34-20-28(30)31)35-26-17-23(19-29-10-13-32-14-11-29)16-24(18-26)33-12-9-22-5-3-2-4-6-22/h7-8,15-18,22H,2-6,9-14,19-20H2,1H3,(H,30,31). The highest BCUT2D eigenvalue weighted by molar-refractivity contribution is 7.99. The van der Waals surface area contributed by atoms with Crippen molar-refractivity contribution in [3.63, 3.8) is 0 Å². The Morgan fingerprint density at radius 1 is 1.06 bits per heavy atom. The van der Waals surface area contributed by atoms with Gasteiger partial charge in [0.1, 0.15) is 11.5 Å². The monoisotopic (exact) mass is 499 g/mol. The molecule has 1 aliphatic heterocycles. The molecule has 2 fully saturated rings. The van der Waals surface area contributed by atoms with Gasteiger partial charge in [-0.1, -0.05) is 43.9 Å². The molecule has 0 bridgehead atoms. The number of morpholine rings is 1. The van der Waals surface area contributed by atoms with Crippen LogP contribution in [0.3, 0.4) is 0 Å². The third kappa shape index (κ3) is 8.44. The van der Waals surface area contributed by atoms with Crippen molar-refractivity contribution < 1.29 is 24.1 Å². The van der Waals surface area contributed by atoms with Crippen LogP contribution in [0.5, 0.6) is 11.5 Å². The molecule has 1 N–H and O–H groups in total. The fraction of sp³-hybridized carbons (Fsp3) is 0.536. The summed E-state index contributed by atoms with van der Waals surface area (Å²) in [7, 11) is 0. The fourth-order valence-electron chi connectivity index (χ4n) is 4.82. The molecule has 4 rings (SSSR count). The highest BCUT2D eigenvalue weighted by atomic mass is 32.2. The number of benzene rings is 2. The maximum absolute atomic E-state index is 10.8. The first kappa shape index (κ1) is 25.9. The first-order chi connectivity index (χ1) is 17.0. The zero-order chi connectivity index (χ0) is 24.5. The molecule has 1 saturated heterocycles. The van der Waals surface area contributed by atoms with E-state index in [1.54, 1.807) is 11.8 Å². The predicted octanol–water partition coefficient (Wildman–Crippen LogP) is 5.79. The molecule has 0 spiro atoms. The van der Waals surface area contributed by atoms with Crippen molar-refractivity contribution in [1.29, 1.82) is 0 Å². The molecular formula is C28H37NO5S. The Morgan fingerprint density at radius 2 is 1.86 bits per heavy atom. The fourth-order valence-corrected chi connectivity index (χ4v) is 5.85. The quantitative estimate of drug-likeness (QED) is 0.420. The highest BCUT2D eigenvalue weighted by Crippen LogP contribution is 2.34. The molecule has 2 aromatic rings. The van der Waals surface area contributed by atoms with E-state index in [9.17, 15) is 4.79 Å². The Balaban J connectivity index is 1.44. The van der Waals surface area contributed by atoms with Crippen LogP contribution in [0.25, 0.3) is 0 Å². The van der Waals surface area contributed by atoms with Gasteiger partial charge in [-0.15, -0.1) is 0 Å². The van der Waals surface area contributed by atoms with Crippen LogP contribution in [0, 0.1) is 12.8 Å². The minimum Gasteiger partial charge on any atom is -0.494 e. The van der Waals surface area contributed by atoms with Gasteiger partial charge in [0.05, 0.1) is 19.8 Å². The number of carboxylic acid groups (broad SMARTS) is 1. The number of carbonyl (C=O) groups is 1. The number of hydrogen-bond donors (Lipinski definition) is 1. The maximum Gasteiger partial charge on any atom is 0.341 e. The van der Waals surface area contributed by atoms with E-state index in [1.807, 2.05) is 25.1 Å². The number of rotatable bonds is 11. The maximum atomic E-state index is 10.8. The van der Waals surface area contributed by atoms with Crippen LogP contribution < -0.4 is 9.47 Å². The molecule has 0 atom stereocenters. The lowest BCUT2D eigenvalue weighted by Gasteiger charge is -2.27. The van der Waals surface area contributed by atoms with Crippen molar-refractivity contribution in [2.75, 3.05) is 39.5 Å².